The number of anilines is 1. The minimum atomic E-state index is -0.368. The Balaban J connectivity index is 1.48. The number of aromatic amines is 1. The van der Waals surface area contributed by atoms with Crippen LogP contribution in [0, 0.1) is 0 Å². The summed E-state index contributed by atoms with van der Waals surface area (Å²) in [6, 6.07) is 11.4. The number of carbonyl (C=O) groups excluding carboxylic acids is 1. The highest BCUT2D eigenvalue weighted by Gasteiger charge is 2.14. The minimum absolute atomic E-state index is 0.272. The number of fused-ring (bicyclic) bond motifs is 1. The number of hydrogen-bond donors (Lipinski definition) is 2. The fourth-order valence-electron chi connectivity index (χ4n) is 3.07. The summed E-state index contributed by atoms with van der Waals surface area (Å²) in [6.45, 7) is 3.59. The number of ether oxygens (including phenoxy) is 1. The lowest BCUT2D eigenvalue weighted by Crippen LogP contribution is -2.36. The van der Waals surface area contributed by atoms with Gasteiger partial charge in [-0.25, -0.2) is 14.3 Å². The topological polar surface area (TPSA) is 91.7 Å². The largest absolute Gasteiger partial charge is 0.378 e. The van der Waals surface area contributed by atoms with Gasteiger partial charge >= 0.3 is 5.69 Å². The summed E-state index contributed by atoms with van der Waals surface area (Å²) in [7, 11) is 0. The number of benzene rings is 1. The second kappa shape index (κ2) is 7.01. The number of morpholine rings is 1. The highest BCUT2D eigenvalue weighted by molar-refractivity contribution is 5.99. The van der Waals surface area contributed by atoms with Crippen LogP contribution in [0.3, 0.4) is 0 Å². The second-order valence-electron chi connectivity index (χ2n) is 6.10. The summed E-state index contributed by atoms with van der Waals surface area (Å²) in [6.07, 6.45) is 1.57. The summed E-state index contributed by atoms with van der Waals surface area (Å²) < 4.78 is 6.70. The second-order valence-corrected chi connectivity index (χ2v) is 6.10. The predicted molar refractivity (Wildman–Crippen MR) is 96.5 cm³/mol. The standard InChI is InChI=1S/C18H19N5O3/c24-17(15-5-2-6-23-16(15)20-21-18(23)25)19-12-13-3-1-4-14(11-13)22-7-9-26-10-8-22/h1-6,11H,7-10,12H2,(H,19,24)(H,21,25). The van der Waals surface area contributed by atoms with E-state index in [4.69, 9.17) is 4.74 Å². The Hall–Kier alpha value is -3.13. The van der Waals surface area contributed by atoms with Crippen molar-refractivity contribution in [3.05, 3.63) is 64.2 Å². The van der Waals surface area contributed by atoms with Crippen LogP contribution in [0.2, 0.25) is 0 Å². The summed E-state index contributed by atoms with van der Waals surface area (Å²) in [5, 5.41) is 9.16. The zero-order valence-corrected chi connectivity index (χ0v) is 14.1. The van der Waals surface area contributed by atoms with Crippen LogP contribution in [0.4, 0.5) is 5.69 Å². The van der Waals surface area contributed by atoms with Crippen molar-refractivity contribution < 1.29 is 9.53 Å². The molecule has 0 atom stereocenters. The molecule has 134 valence electrons. The molecule has 1 aromatic carbocycles. The normalized spacial score (nSPS) is 14.5. The van der Waals surface area contributed by atoms with Crippen LogP contribution in [0.25, 0.3) is 5.65 Å². The van der Waals surface area contributed by atoms with Crippen molar-refractivity contribution in [3.63, 3.8) is 0 Å². The Morgan fingerprint density at radius 1 is 1.23 bits per heavy atom. The van der Waals surface area contributed by atoms with Crippen LogP contribution < -0.4 is 15.9 Å². The van der Waals surface area contributed by atoms with Gasteiger partial charge in [0.2, 0.25) is 0 Å². The maximum atomic E-state index is 12.5. The molecule has 1 aliphatic heterocycles. The van der Waals surface area contributed by atoms with Gasteiger partial charge in [0.1, 0.15) is 0 Å². The number of nitrogens with one attached hydrogen (secondary N) is 2. The minimum Gasteiger partial charge on any atom is -0.378 e. The van der Waals surface area contributed by atoms with Gasteiger partial charge in [0.05, 0.1) is 18.8 Å². The van der Waals surface area contributed by atoms with Gasteiger partial charge in [-0.3, -0.25) is 4.79 Å². The summed E-state index contributed by atoms with van der Waals surface area (Å²) in [4.78, 5) is 26.4. The van der Waals surface area contributed by atoms with Crippen molar-refractivity contribution in [2.45, 2.75) is 6.54 Å². The van der Waals surface area contributed by atoms with E-state index in [1.54, 1.807) is 18.3 Å². The number of amides is 1. The van der Waals surface area contributed by atoms with Gasteiger partial charge in [0.15, 0.2) is 5.65 Å². The Kier molecular flexibility index (Phi) is 4.40. The zero-order valence-electron chi connectivity index (χ0n) is 14.1. The van der Waals surface area contributed by atoms with E-state index < -0.39 is 0 Å². The molecule has 4 rings (SSSR count). The Morgan fingerprint density at radius 2 is 2.08 bits per heavy atom. The zero-order chi connectivity index (χ0) is 17.9. The fraction of sp³-hybridized carbons (Fsp3) is 0.278. The molecule has 1 amide bonds. The number of hydrogen-bond acceptors (Lipinski definition) is 5. The average molecular weight is 353 g/mol. The van der Waals surface area contributed by atoms with Crippen molar-refractivity contribution in [1.82, 2.24) is 19.9 Å². The SMILES string of the molecule is O=C(NCc1cccc(N2CCOCC2)c1)c1cccn2c(=O)[nH]nc12. The molecule has 0 saturated carbocycles. The molecule has 1 saturated heterocycles. The Labute approximate surface area is 149 Å². The van der Waals surface area contributed by atoms with Crippen molar-refractivity contribution >= 4 is 17.2 Å². The number of carbonyl (C=O) groups is 1. The van der Waals surface area contributed by atoms with Gasteiger partial charge in [-0.15, -0.1) is 0 Å². The maximum Gasteiger partial charge on any atom is 0.347 e. The number of rotatable bonds is 4. The first-order chi connectivity index (χ1) is 12.7. The molecule has 26 heavy (non-hydrogen) atoms. The highest BCUT2D eigenvalue weighted by atomic mass is 16.5. The lowest BCUT2D eigenvalue weighted by atomic mass is 10.1. The van der Waals surface area contributed by atoms with Gasteiger partial charge < -0.3 is 15.0 Å². The number of H-pyrrole nitrogens is 1. The molecule has 0 bridgehead atoms. The van der Waals surface area contributed by atoms with Crippen molar-refractivity contribution in [2.75, 3.05) is 31.2 Å². The summed E-state index contributed by atoms with van der Waals surface area (Å²) in [5.74, 6) is -0.272. The molecule has 0 unspecified atom stereocenters. The summed E-state index contributed by atoms with van der Waals surface area (Å²) >= 11 is 0. The average Bonchev–Trinajstić information content (AvgIpc) is 3.08. The quantitative estimate of drug-likeness (QED) is 0.724. The van der Waals surface area contributed by atoms with Crippen molar-refractivity contribution in [1.29, 1.82) is 0 Å². The van der Waals surface area contributed by atoms with E-state index in [9.17, 15) is 9.59 Å². The first kappa shape index (κ1) is 16.3. The van der Waals surface area contributed by atoms with Gasteiger partial charge in [-0.1, -0.05) is 12.1 Å². The number of pyridine rings is 1. The Bertz CT molecular complexity index is 988. The van der Waals surface area contributed by atoms with E-state index >= 15 is 0 Å². The third kappa shape index (κ3) is 3.18. The molecule has 8 heteroatoms. The van der Waals surface area contributed by atoms with Crippen LogP contribution in [-0.4, -0.2) is 46.8 Å². The van der Waals surface area contributed by atoms with Crippen LogP contribution in [0.1, 0.15) is 15.9 Å². The Morgan fingerprint density at radius 3 is 2.92 bits per heavy atom. The predicted octanol–water partition coefficient (Wildman–Crippen LogP) is 0.789. The smallest absolute Gasteiger partial charge is 0.347 e. The van der Waals surface area contributed by atoms with Gasteiger partial charge in [0, 0.05) is 31.5 Å². The van der Waals surface area contributed by atoms with Crippen LogP contribution in [0.15, 0.2) is 47.4 Å². The molecule has 3 heterocycles. The fourth-order valence-corrected chi connectivity index (χ4v) is 3.07. The van der Waals surface area contributed by atoms with E-state index in [-0.39, 0.29) is 11.6 Å². The van der Waals surface area contributed by atoms with E-state index in [0.717, 1.165) is 37.6 Å². The molecule has 1 fully saturated rings. The maximum absolute atomic E-state index is 12.5. The van der Waals surface area contributed by atoms with Gasteiger partial charge in [0.25, 0.3) is 5.91 Å². The van der Waals surface area contributed by atoms with Crippen LogP contribution in [-0.2, 0) is 11.3 Å². The van der Waals surface area contributed by atoms with Gasteiger partial charge in [-0.05, 0) is 29.8 Å². The molecule has 2 N–H and O–H groups in total. The molecule has 0 radical (unpaired) electrons. The van der Waals surface area contributed by atoms with E-state index in [1.165, 1.54) is 4.40 Å². The summed E-state index contributed by atoms with van der Waals surface area (Å²) in [5.41, 5.74) is 2.44. The van der Waals surface area contributed by atoms with Crippen molar-refractivity contribution in [3.8, 4) is 0 Å². The van der Waals surface area contributed by atoms with E-state index in [0.29, 0.717) is 17.8 Å². The third-order valence-electron chi connectivity index (χ3n) is 4.43. The lowest BCUT2D eigenvalue weighted by molar-refractivity contribution is 0.0952. The first-order valence-corrected chi connectivity index (χ1v) is 8.48. The monoisotopic (exact) mass is 353 g/mol. The number of nitrogens with zero attached hydrogens (tertiary/aromatic N) is 3. The molecule has 0 aliphatic carbocycles. The molecule has 8 nitrogen and oxygen atoms in total. The molecule has 3 aromatic rings. The molecule has 2 aromatic heterocycles. The third-order valence-corrected chi connectivity index (χ3v) is 4.43. The van der Waals surface area contributed by atoms with Crippen LogP contribution >= 0.6 is 0 Å². The van der Waals surface area contributed by atoms with E-state index in [1.807, 2.05) is 12.1 Å². The van der Waals surface area contributed by atoms with Crippen LogP contribution in [0.5, 0.6) is 0 Å². The molecular weight excluding hydrogens is 334 g/mol. The molecule has 1 aliphatic rings. The first-order valence-electron chi connectivity index (χ1n) is 8.48. The molecule has 0 spiro atoms. The molecular formula is C18H19N5O3. The lowest BCUT2D eigenvalue weighted by Gasteiger charge is -2.29. The highest BCUT2D eigenvalue weighted by Crippen LogP contribution is 2.17. The van der Waals surface area contributed by atoms with E-state index in [2.05, 4.69) is 32.5 Å². The van der Waals surface area contributed by atoms with Crippen molar-refractivity contribution in [2.24, 2.45) is 0 Å². The number of aromatic nitrogens is 3. The van der Waals surface area contributed by atoms with Gasteiger partial charge in [-0.2, -0.15) is 5.10 Å².